The van der Waals surface area contributed by atoms with E-state index >= 15 is 0 Å². The van der Waals surface area contributed by atoms with Crippen LogP contribution >= 0.6 is 11.8 Å². The average Bonchev–Trinajstić information content (AvgIpc) is 2.34. The van der Waals surface area contributed by atoms with Crippen LogP contribution in [-0.4, -0.2) is 28.5 Å². The van der Waals surface area contributed by atoms with Gasteiger partial charge in [-0.25, -0.2) is 0 Å². The lowest BCUT2D eigenvalue weighted by molar-refractivity contribution is -0.137. The molecule has 0 spiro atoms. The van der Waals surface area contributed by atoms with Gasteiger partial charge in [-0.2, -0.15) is 13.2 Å². The van der Waals surface area contributed by atoms with Gasteiger partial charge in [0.05, 0.1) is 12.2 Å². The molecule has 0 bridgehead atoms. The van der Waals surface area contributed by atoms with Crippen LogP contribution < -0.4 is 5.73 Å². The fourth-order valence-corrected chi connectivity index (χ4v) is 2.04. The summed E-state index contributed by atoms with van der Waals surface area (Å²) in [7, 11) is 0. The third-order valence-electron chi connectivity index (χ3n) is 2.04. The van der Waals surface area contributed by atoms with Crippen molar-refractivity contribution in [1.29, 1.82) is 0 Å². The molecule has 8 heteroatoms. The molecule has 0 aromatic heterocycles. The highest BCUT2D eigenvalue weighted by molar-refractivity contribution is 7.99. The van der Waals surface area contributed by atoms with Gasteiger partial charge < -0.3 is 16.0 Å². The Morgan fingerprint density at radius 2 is 2.06 bits per heavy atom. The molecule has 0 aliphatic heterocycles. The molecule has 0 saturated carbocycles. The SMILES string of the molecule is N/C(=N\O)c1cc(C(F)(F)F)ccc1SCCO. The Labute approximate surface area is 105 Å². The lowest BCUT2D eigenvalue weighted by Gasteiger charge is -2.12. The lowest BCUT2D eigenvalue weighted by atomic mass is 10.1. The molecule has 0 heterocycles. The minimum Gasteiger partial charge on any atom is -0.409 e. The summed E-state index contributed by atoms with van der Waals surface area (Å²) in [5.74, 6) is -0.0987. The number of hydrogen-bond acceptors (Lipinski definition) is 4. The molecule has 18 heavy (non-hydrogen) atoms. The Morgan fingerprint density at radius 3 is 2.56 bits per heavy atom. The van der Waals surface area contributed by atoms with E-state index in [0.29, 0.717) is 10.6 Å². The fourth-order valence-electron chi connectivity index (χ4n) is 1.24. The highest BCUT2D eigenvalue weighted by Gasteiger charge is 2.31. The summed E-state index contributed by atoms with van der Waals surface area (Å²) in [5.41, 5.74) is 4.45. The van der Waals surface area contributed by atoms with E-state index in [1.165, 1.54) is 6.07 Å². The maximum Gasteiger partial charge on any atom is 0.416 e. The largest absolute Gasteiger partial charge is 0.416 e. The first-order chi connectivity index (χ1) is 8.40. The predicted molar refractivity (Wildman–Crippen MR) is 61.8 cm³/mol. The summed E-state index contributed by atoms with van der Waals surface area (Å²) in [6.07, 6.45) is -4.50. The van der Waals surface area contributed by atoms with Crippen molar-refractivity contribution in [2.45, 2.75) is 11.1 Å². The van der Waals surface area contributed by atoms with Crippen molar-refractivity contribution in [3.63, 3.8) is 0 Å². The van der Waals surface area contributed by atoms with Crippen LogP contribution in [0.5, 0.6) is 0 Å². The number of thioether (sulfide) groups is 1. The van der Waals surface area contributed by atoms with Gasteiger partial charge >= 0.3 is 6.18 Å². The smallest absolute Gasteiger partial charge is 0.409 e. The monoisotopic (exact) mass is 280 g/mol. The van der Waals surface area contributed by atoms with Crippen LogP contribution in [0.3, 0.4) is 0 Å². The van der Waals surface area contributed by atoms with E-state index in [1.54, 1.807) is 0 Å². The normalized spacial score (nSPS) is 12.8. The van der Waals surface area contributed by atoms with Gasteiger partial charge in [0, 0.05) is 16.2 Å². The van der Waals surface area contributed by atoms with Gasteiger partial charge in [-0.05, 0) is 18.2 Å². The molecule has 0 aliphatic rings. The van der Waals surface area contributed by atoms with Crippen LogP contribution in [0.25, 0.3) is 0 Å². The standard InChI is InChI=1S/C10H11F3N2O2S/c11-10(12,13)6-1-2-8(18-4-3-16)7(5-6)9(14)15-17/h1-2,5,16-17H,3-4H2,(H2,14,15). The molecule has 0 amide bonds. The zero-order valence-electron chi connectivity index (χ0n) is 9.11. The number of aliphatic hydroxyl groups is 1. The summed E-state index contributed by atoms with van der Waals surface area (Å²) in [6, 6.07) is 2.96. The van der Waals surface area contributed by atoms with Gasteiger partial charge in [0.15, 0.2) is 5.84 Å². The third kappa shape index (κ3) is 3.54. The molecular weight excluding hydrogens is 269 g/mol. The van der Waals surface area contributed by atoms with Gasteiger partial charge in [-0.1, -0.05) is 5.16 Å². The van der Waals surface area contributed by atoms with Gasteiger partial charge in [-0.15, -0.1) is 11.8 Å². The van der Waals surface area contributed by atoms with Gasteiger partial charge in [0.2, 0.25) is 0 Å². The van der Waals surface area contributed by atoms with E-state index in [2.05, 4.69) is 5.16 Å². The number of nitrogens with two attached hydrogens (primary N) is 1. The van der Waals surface area contributed by atoms with Crippen molar-refractivity contribution in [2.75, 3.05) is 12.4 Å². The maximum atomic E-state index is 12.5. The molecule has 0 atom stereocenters. The fraction of sp³-hybridized carbons (Fsp3) is 0.300. The van der Waals surface area contributed by atoms with Crippen LogP contribution in [-0.2, 0) is 6.18 Å². The molecule has 100 valence electrons. The lowest BCUT2D eigenvalue weighted by Crippen LogP contribution is -2.16. The molecule has 1 aromatic rings. The average molecular weight is 280 g/mol. The van der Waals surface area contributed by atoms with Crippen LogP contribution in [0.15, 0.2) is 28.3 Å². The van der Waals surface area contributed by atoms with Crippen molar-refractivity contribution in [3.05, 3.63) is 29.3 Å². The summed E-state index contributed by atoms with van der Waals surface area (Å²) in [5, 5.41) is 19.9. The van der Waals surface area contributed by atoms with Crippen molar-refractivity contribution in [2.24, 2.45) is 10.9 Å². The molecule has 1 aromatic carbocycles. The van der Waals surface area contributed by atoms with Crippen LogP contribution in [0.2, 0.25) is 0 Å². The first-order valence-electron chi connectivity index (χ1n) is 4.83. The van der Waals surface area contributed by atoms with E-state index in [1.807, 2.05) is 0 Å². The number of benzene rings is 1. The molecule has 0 saturated heterocycles. The molecule has 0 radical (unpaired) electrons. The Kier molecular flexibility index (Phi) is 4.85. The number of hydrogen-bond donors (Lipinski definition) is 3. The minimum atomic E-state index is -4.50. The predicted octanol–water partition coefficient (Wildman–Crippen LogP) is 1.88. The van der Waals surface area contributed by atoms with Crippen molar-refractivity contribution >= 4 is 17.6 Å². The quantitative estimate of drug-likeness (QED) is 0.259. The number of aliphatic hydroxyl groups excluding tert-OH is 1. The summed E-state index contributed by atoms with van der Waals surface area (Å²) in [6.45, 7) is -0.124. The Hall–Kier alpha value is -1.41. The van der Waals surface area contributed by atoms with Crippen molar-refractivity contribution in [1.82, 2.24) is 0 Å². The number of alkyl halides is 3. The molecule has 0 aliphatic carbocycles. The number of rotatable bonds is 4. The van der Waals surface area contributed by atoms with E-state index in [9.17, 15) is 13.2 Å². The molecule has 4 N–H and O–H groups in total. The molecule has 0 fully saturated rings. The molecule has 1 rings (SSSR count). The van der Waals surface area contributed by atoms with Gasteiger partial charge in [-0.3, -0.25) is 0 Å². The highest BCUT2D eigenvalue weighted by atomic mass is 32.2. The zero-order valence-corrected chi connectivity index (χ0v) is 9.92. The van der Waals surface area contributed by atoms with Gasteiger partial charge in [0.1, 0.15) is 0 Å². The van der Waals surface area contributed by atoms with Crippen molar-refractivity contribution < 1.29 is 23.5 Å². The van der Waals surface area contributed by atoms with E-state index in [-0.39, 0.29) is 12.2 Å². The Morgan fingerprint density at radius 1 is 1.39 bits per heavy atom. The summed E-state index contributed by atoms with van der Waals surface area (Å²) >= 11 is 1.12. The first kappa shape index (κ1) is 14.7. The van der Waals surface area contributed by atoms with Crippen LogP contribution in [0, 0.1) is 0 Å². The van der Waals surface area contributed by atoms with E-state index < -0.39 is 17.6 Å². The summed E-state index contributed by atoms with van der Waals surface area (Å²) < 4.78 is 37.6. The van der Waals surface area contributed by atoms with Crippen LogP contribution in [0.4, 0.5) is 13.2 Å². The minimum absolute atomic E-state index is 0.00854. The molecular formula is C10H11F3N2O2S. The second-order valence-corrected chi connectivity index (χ2v) is 4.40. The number of amidine groups is 1. The van der Waals surface area contributed by atoms with E-state index in [4.69, 9.17) is 16.0 Å². The second kappa shape index (κ2) is 5.96. The topological polar surface area (TPSA) is 78.8 Å². The van der Waals surface area contributed by atoms with Crippen molar-refractivity contribution in [3.8, 4) is 0 Å². The van der Waals surface area contributed by atoms with E-state index in [0.717, 1.165) is 23.9 Å². The number of halogens is 3. The summed E-state index contributed by atoms with van der Waals surface area (Å²) in [4.78, 5) is 0.410. The Bertz CT molecular complexity index is 449. The molecule has 4 nitrogen and oxygen atoms in total. The highest BCUT2D eigenvalue weighted by Crippen LogP contribution is 2.33. The molecule has 0 unspecified atom stereocenters. The second-order valence-electron chi connectivity index (χ2n) is 3.27. The van der Waals surface area contributed by atoms with Crippen LogP contribution in [0.1, 0.15) is 11.1 Å². The van der Waals surface area contributed by atoms with Gasteiger partial charge in [0.25, 0.3) is 0 Å². The first-order valence-corrected chi connectivity index (χ1v) is 5.81. The number of oxime groups is 1. The third-order valence-corrected chi connectivity index (χ3v) is 3.09. The maximum absolute atomic E-state index is 12.5. The zero-order chi connectivity index (χ0) is 13.8. The number of nitrogens with zero attached hydrogens (tertiary/aromatic N) is 1. The Balaban J connectivity index is 3.21.